The predicted octanol–water partition coefficient (Wildman–Crippen LogP) is 10.1. The molecule has 1 heterocycles. The summed E-state index contributed by atoms with van der Waals surface area (Å²) in [5.41, 5.74) is 8.80. The Hall–Kier alpha value is -1.63. The van der Waals surface area contributed by atoms with Gasteiger partial charge >= 0.3 is 0 Å². The number of aromatic nitrogens is 1. The lowest BCUT2D eigenvalue weighted by Gasteiger charge is -2.37. The average Bonchev–Trinajstić information content (AvgIpc) is 2.69. The van der Waals surface area contributed by atoms with Gasteiger partial charge in [-0.2, -0.15) is 0 Å². The van der Waals surface area contributed by atoms with Crippen molar-refractivity contribution in [1.29, 1.82) is 0 Å². The molecular weight excluding hydrogens is 422 g/mol. The first-order valence-corrected chi connectivity index (χ1v) is 13.7. The molecule has 1 heteroatoms. The molecule has 0 radical (unpaired) electrons. The zero-order valence-corrected chi connectivity index (χ0v) is 25.8. The topological polar surface area (TPSA) is 12.9 Å². The van der Waals surface area contributed by atoms with Crippen molar-refractivity contribution in [3.05, 3.63) is 64.0 Å². The highest BCUT2D eigenvalue weighted by atomic mass is 14.7. The van der Waals surface area contributed by atoms with Gasteiger partial charge in [-0.3, -0.25) is 4.98 Å². The van der Waals surface area contributed by atoms with Crippen molar-refractivity contribution in [3.8, 4) is 0 Å². The van der Waals surface area contributed by atoms with E-state index in [1.807, 2.05) is 0 Å². The van der Waals surface area contributed by atoms with E-state index in [1.165, 1.54) is 33.5 Å². The molecule has 196 valence electrons. The third-order valence-electron chi connectivity index (χ3n) is 7.81. The Kier molecular flexibility index (Phi) is 8.18. The highest BCUT2D eigenvalue weighted by Gasteiger charge is 2.33. The lowest BCUT2D eigenvalue weighted by Crippen LogP contribution is -2.29. The summed E-state index contributed by atoms with van der Waals surface area (Å²) in [5.74, 6) is 0.549. The van der Waals surface area contributed by atoms with Gasteiger partial charge in [0.25, 0.3) is 0 Å². The number of rotatable bonds is 6. The van der Waals surface area contributed by atoms with Crippen molar-refractivity contribution in [2.75, 3.05) is 0 Å². The van der Waals surface area contributed by atoms with Crippen LogP contribution in [0.2, 0.25) is 0 Å². The van der Waals surface area contributed by atoms with Crippen molar-refractivity contribution < 1.29 is 0 Å². The molecule has 1 aromatic carbocycles. The van der Waals surface area contributed by atoms with Crippen molar-refractivity contribution in [1.82, 2.24) is 4.98 Å². The van der Waals surface area contributed by atoms with E-state index in [-0.39, 0.29) is 27.1 Å². The molecule has 0 aliphatic carbocycles. The number of benzene rings is 1. The molecule has 0 fully saturated rings. The average molecular weight is 478 g/mol. The second-order valence-corrected chi connectivity index (χ2v) is 15.6. The molecular formula is C34H55N. The fourth-order valence-electron chi connectivity index (χ4n) is 5.04. The molecule has 0 spiro atoms. The van der Waals surface area contributed by atoms with Gasteiger partial charge in [-0.15, -0.1) is 0 Å². The van der Waals surface area contributed by atoms with E-state index in [4.69, 9.17) is 4.98 Å². The van der Waals surface area contributed by atoms with Crippen LogP contribution in [0.1, 0.15) is 156 Å². The molecule has 0 atom stereocenters. The Morgan fingerprint density at radius 3 is 1.57 bits per heavy atom. The van der Waals surface area contributed by atoms with Gasteiger partial charge in [0.2, 0.25) is 0 Å². The molecule has 0 aliphatic heterocycles. The van der Waals surface area contributed by atoms with Crippen LogP contribution in [0.3, 0.4) is 0 Å². The molecule has 1 aromatic heterocycles. The third-order valence-corrected chi connectivity index (χ3v) is 7.81. The summed E-state index contributed by atoms with van der Waals surface area (Å²) < 4.78 is 0. The zero-order chi connectivity index (χ0) is 27.2. The minimum Gasteiger partial charge on any atom is -0.260 e. The van der Waals surface area contributed by atoms with Crippen LogP contribution >= 0.6 is 0 Å². The summed E-state index contributed by atoms with van der Waals surface area (Å²) in [5, 5.41) is 0. The largest absolute Gasteiger partial charge is 0.260 e. The Bertz CT molecular complexity index is 1010. The Morgan fingerprint density at radius 2 is 1.11 bits per heavy atom. The molecule has 35 heavy (non-hydrogen) atoms. The summed E-state index contributed by atoms with van der Waals surface area (Å²) in [6.07, 6.45) is 4.41. The van der Waals surface area contributed by atoms with E-state index in [0.717, 1.165) is 12.8 Å². The highest BCUT2D eigenvalue weighted by molar-refractivity contribution is 5.42. The maximum absolute atomic E-state index is 5.06. The van der Waals surface area contributed by atoms with E-state index in [0.29, 0.717) is 5.92 Å². The number of hydrogen-bond donors (Lipinski definition) is 0. The van der Waals surface area contributed by atoms with Crippen LogP contribution < -0.4 is 0 Å². The van der Waals surface area contributed by atoms with Crippen molar-refractivity contribution >= 4 is 0 Å². The Balaban J connectivity index is 2.43. The zero-order valence-electron chi connectivity index (χ0n) is 25.8. The summed E-state index contributed by atoms with van der Waals surface area (Å²) in [6, 6.07) is 9.70. The maximum Gasteiger partial charge on any atom is 0.0494 e. The minimum absolute atomic E-state index is 0.0405. The monoisotopic (exact) mass is 477 g/mol. The molecule has 0 saturated heterocycles. The second kappa shape index (κ2) is 9.68. The van der Waals surface area contributed by atoms with Crippen LogP contribution in [0.4, 0.5) is 0 Å². The smallest absolute Gasteiger partial charge is 0.0494 e. The van der Waals surface area contributed by atoms with Crippen LogP contribution in [0.25, 0.3) is 0 Å². The van der Waals surface area contributed by atoms with Gasteiger partial charge in [0.05, 0.1) is 0 Å². The Labute approximate surface area is 218 Å². The molecule has 2 rings (SSSR count). The van der Waals surface area contributed by atoms with Gasteiger partial charge in [-0.1, -0.05) is 128 Å². The first kappa shape index (κ1) is 29.6. The molecule has 0 bridgehead atoms. The maximum atomic E-state index is 5.06. The lowest BCUT2D eigenvalue weighted by molar-refractivity contribution is 0.367. The first-order chi connectivity index (χ1) is 15.6. The molecule has 0 amide bonds. The lowest BCUT2D eigenvalue weighted by atomic mass is 9.68. The number of hydrogen-bond acceptors (Lipinski definition) is 1. The first-order valence-electron chi connectivity index (χ1n) is 13.7. The molecule has 0 N–H and O–H groups in total. The van der Waals surface area contributed by atoms with Crippen LogP contribution in [-0.2, 0) is 27.1 Å². The van der Waals surface area contributed by atoms with E-state index in [1.54, 1.807) is 0 Å². The van der Waals surface area contributed by atoms with Crippen LogP contribution in [0.5, 0.6) is 0 Å². The van der Waals surface area contributed by atoms with Gasteiger partial charge in [0, 0.05) is 17.3 Å². The van der Waals surface area contributed by atoms with E-state index in [9.17, 15) is 0 Å². The van der Waals surface area contributed by atoms with E-state index < -0.39 is 0 Å². The predicted molar refractivity (Wildman–Crippen MR) is 156 cm³/mol. The van der Waals surface area contributed by atoms with Crippen LogP contribution in [0.15, 0.2) is 30.5 Å². The van der Waals surface area contributed by atoms with Crippen molar-refractivity contribution in [2.45, 2.75) is 150 Å². The third kappa shape index (κ3) is 6.99. The molecule has 1 nitrogen and oxygen atoms in total. The fraction of sp³-hybridized carbons (Fsp3) is 0.676. The van der Waals surface area contributed by atoms with Gasteiger partial charge in [0.15, 0.2) is 0 Å². The SMILES string of the molecule is CC(C)c1ccc(C(C)(C)CCC(C)(C)c2cnc(C(C)(C)C)c(C(C)(C)C)c2)c(C(C)(C)C)c1. The van der Waals surface area contributed by atoms with Gasteiger partial charge in [-0.25, -0.2) is 0 Å². The number of nitrogens with zero attached hydrogens (tertiary/aromatic N) is 1. The molecule has 0 aliphatic rings. The molecule has 0 saturated carbocycles. The van der Waals surface area contributed by atoms with E-state index in [2.05, 4.69) is 134 Å². The van der Waals surface area contributed by atoms with Crippen LogP contribution in [0, 0.1) is 0 Å². The van der Waals surface area contributed by atoms with Crippen molar-refractivity contribution in [3.63, 3.8) is 0 Å². The van der Waals surface area contributed by atoms with Crippen molar-refractivity contribution in [2.24, 2.45) is 0 Å². The standard InChI is InChI=1S/C34H55N/c1-23(2)24-16-17-26(27(20-24)30(3,4)5)34(14,15)19-18-33(12,13)25-21-28(31(6,7)8)29(35-22-25)32(9,10)11/h16-17,20-23H,18-19H2,1-15H3. The summed E-state index contributed by atoms with van der Waals surface area (Å²) >= 11 is 0. The minimum atomic E-state index is 0.0405. The van der Waals surface area contributed by atoms with E-state index >= 15 is 0 Å². The quantitative estimate of drug-likeness (QED) is 0.403. The summed E-state index contributed by atoms with van der Waals surface area (Å²) in [6.45, 7) is 35.1. The summed E-state index contributed by atoms with van der Waals surface area (Å²) in [4.78, 5) is 5.06. The number of pyridine rings is 1. The highest BCUT2D eigenvalue weighted by Crippen LogP contribution is 2.42. The Morgan fingerprint density at radius 1 is 0.600 bits per heavy atom. The molecule has 2 aromatic rings. The van der Waals surface area contributed by atoms with Gasteiger partial charge < -0.3 is 0 Å². The fourth-order valence-corrected chi connectivity index (χ4v) is 5.04. The van der Waals surface area contributed by atoms with Gasteiger partial charge in [0.1, 0.15) is 0 Å². The second-order valence-electron chi connectivity index (χ2n) is 15.6. The molecule has 0 unspecified atom stereocenters. The summed E-state index contributed by atoms with van der Waals surface area (Å²) in [7, 11) is 0. The van der Waals surface area contributed by atoms with Crippen LogP contribution in [-0.4, -0.2) is 4.98 Å². The normalized spacial score (nSPS) is 14.1. The van der Waals surface area contributed by atoms with Gasteiger partial charge in [-0.05, 0) is 68.2 Å².